The van der Waals surface area contributed by atoms with Crippen LogP contribution in [0.25, 0.3) is 0 Å². The van der Waals surface area contributed by atoms with E-state index >= 15 is 0 Å². The molecule has 1 aliphatic rings. The number of hydrogen-bond acceptors (Lipinski definition) is 3. The Labute approximate surface area is 115 Å². The monoisotopic (exact) mass is 272 g/mol. The van der Waals surface area contributed by atoms with Gasteiger partial charge in [-0.2, -0.15) is 0 Å². The second kappa shape index (κ2) is 7.69. The molecule has 1 heterocycles. The van der Waals surface area contributed by atoms with Crippen LogP contribution in [-0.2, 0) is 9.53 Å². The second-order valence-corrected chi connectivity index (χ2v) is 5.60. The highest BCUT2D eigenvalue weighted by molar-refractivity contribution is 7.80. The number of hydrogen-bond donors (Lipinski definition) is 1. The lowest BCUT2D eigenvalue weighted by Crippen LogP contribution is -2.39. The fourth-order valence-electron chi connectivity index (χ4n) is 2.20. The molecule has 0 saturated carbocycles. The van der Waals surface area contributed by atoms with Gasteiger partial charge < -0.3 is 15.4 Å². The number of nitrogens with zero attached hydrogens (tertiary/aromatic N) is 1. The number of rotatable bonds is 7. The lowest BCUT2D eigenvalue weighted by molar-refractivity contribution is -0.133. The summed E-state index contributed by atoms with van der Waals surface area (Å²) in [5, 5.41) is 0. The molecule has 1 saturated heterocycles. The minimum Gasteiger partial charge on any atom is -0.393 e. The molecule has 0 aromatic heterocycles. The van der Waals surface area contributed by atoms with Crippen molar-refractivity contribution in [2.45, 2.75) is 58.1 Å². The molecule has 1 fully saturated rings. The third-order valence-electron chi connectivity index (χ3n) is 3.25. The Bertz CT molecular complexity index is 289. The highest BCUT2D eigenvalue weighted by atomic mass is 32.1. The van der Waals surface area contributed by atoms with E-state index in [0.29, 0.717) is 24.4 Å². The van der Waals surface area contributed by atoms with E-state index in [0.717, 1.165) is 25.9 Å². The van der Waals surface area contributed by atoms with Crippen molar-refractivity contribution in [2.75, 3.05) is 13.2 Å². The zero-order valence-electron chi connectivity index (χ0n) is 11.4. The van der Waals surface area contributed by atoms with Crippen molar-refractivity contribution < 1.29 is 9.53 Å². The van der Waals surface area contributed by atoms with Gasteiger partial charge in [-0.3, -0.25) is 4.79 Å². The Balaban J connectivity index is 2.35. The molecule has 0 radical (unpaired) electrons. The molecule has 18 heavy (non-hydrogen) atoms. The fraction of sp³-hybridized carbons (Fsp3) is 0.846. The number of thiocarbonyl (C=S) groups is 1. The maximum atomic E-state index is 12.1. The first kappa shape index (κ1) is 15.4. The lowest BCUT2D eigenvalue weighted by Gasteiger charge is -2.27. The van der Waals surface area contributed by atoms with Crippen LogP contribution in [-0.4, -0.2) is 41.1 Å². The van der Waals surface area contributed by atoms with Crippen molar-refractivity contribution in [3.05, 3.63) is 0 Å². The SMILES string of the molecule is CC(C)N(CCC(N)=S)C(=O)CCC1CCCO1. The van der Waals surface area contributed by atoms with Crippen molar-refractivity contribution in [3.8, 4) is 0 Å². The van der Waals surface area contributed by atoms with Crippen LogP contribution >= 0.6 is 12.2 Å². The van der Waals surface area contributed by atoms with Crippen LogP contribution in [0.3, 0.4) is 0 Å². The molecule has 1 amide bonds. The molecule has 0 bridgehead atoms. The van der Waals surface area contributed by atoms with E-state index in [1.165, 1.54) is 0 Å². The van der Waals surface area contributed by atoms with Gasteiger partial charge in [0.2, 0.25) is 5.91 Å². The summed E-state index contributed by atoms with van der Waals surface area (Å²) in [5.74, 6) is 0.178. The molecule has 1 unspecified atom stereocenters. The van der Waals surface area contributed by atoms with Crippen LogP contribution in [0.5, 0.6) is 0 Å². The van der Waals surface area contributed by atoms with Gasteiger partial charge in [-0.25, -0.2) is 0 Å². The summed E-state index contributed by atoms with van der Waals surface area (Å²) in [4.78, 5) is 14.5. The standard InChI is InChI=1S/C13H24N2O2S/c1-10(2)15(8-7-12(14)18)13(16)6-5-11-4-3-9-17-11/h10-11H,3-9H2,1-2H3,(H2,14,18). The predicted octanol–water partition coefficient (Wildman–Crippen LogP) is 1.86. The zero-order chi connectivity index (χ0) is 13.5. The van der Waals surface area contributed by atoms with Crippen LogP contribution < -0.4 is 5.73 Å². The number of carbonyl (C=O) groups is 1. The molecule has 2 N–H and O–H groups in total. The summed E-state index contributed by atoms with van der Waals surface area (Å²) in [6.07, 6.45) is 4.46. The quantitative estimate of drug-likeness (QED) is 0.719. The average Bonchev–Trinajstić information content (AvgIpc) is 2.78. The summed E-state index contributed by atoms with van der Waals surface area (Å²) >= 11 is 4.86. The van der Waals surface area contributed by atoms with E-state index in [2.05, 4.69) is 0 Å². The van der Waals surface area contributed by atoms with Crippen LogP contribution in [0.15, 0.2) is 0 Å². The molecule has 0 aromatic rings. The zero-order valence-corrected chi connectivity index (χ0v) is 12.2. The Morgan fingerprint density at radius 1 is 1.50 bits per heavy atom. The Morgan fingerprint density at radius 2 is 2.22 bits per heavy atom. The highest BCUT2D eigenvalue weighted by Crippen LogP contribution is 2.17. The number of nitrogens with two attached hydrogens (primary N) is 1. The molecule has 104 valence electrons. The van der Waals surface area contributed by atoms with Gasteiger partial charge in [0.05, 0.1) is 11.1 Å². The smallest absolute Gasteiger partial charge is 0.222 e. The van der Waals surface area contributed by atoms with Gasteiger partial charge in [0.15, 0.2) is 0 Å². The second-order valence-electron chi connectivity index (χ2n) is 5.07. The molecule has 4 nitrogen and oxygen atoms in total. The van der Waals surface area contributed by atoms with Gasteiger partial charge in [-0.05, 0) is 33.1 Å². The van der Waals surface area contributed by atoms with Crippen molar-refractivity contribution in [2.24, 2.45) is 5.73 Å². The van der Waals surface area contributed by atoms with Crippen LogP contribution in [0, 0.1) is 0 Å². The van der Waals surface area contributed by atoms with Crippen molar-refractivity contribution in [3.63, 3.8) is 0 Å². The van der Waals surface area contributed by atoms with E-state index < -0.39 is 0 Å². The normalized spacial score (nSPS) is 19.2. The molecule has 0 aromatic carbocycles. The Morgan fingerprint density at radius 3 is 2.72 bits per heavy atom. The van der Waals surface area contributed by atoms with E-state index in [9.17, 15) is 4.79 Å². The Hall–Kier alpha value is -0.680. The number of amides is 1. The number of ether oxygens (including phenoxy) is 1. The molecule has 1 atom stereocenters. The van der Waals surface area contributed by atoms with Gasteiger partial charge in [-0.15, -0.1) is 0 Å². The molecule has 1 rings (SSSR count). The van der Waals surface area contributed by atoms with Crippen LogP contribution in [0.2, 0.25) is 0 Å². The van der Waals surface area contributed by atoms with Crippen molar-refractivity contribution in [1.29, 1.82) is 0 Å². The average molecular weight is 272 g/mol. The first-order valence-corrected chi connectivity index (χ1v) is 7.11. The summed E-state index contributed by atoms with van der Waals surface area (Å²) < 4.78 is 5.53. The first-order valence-electron chi connectivity index (χ1n) is 6.70. The molecule has 0 aliphatic carbocycles. The van der Waals surface area contributed by atoms with Crippen LogP contribution in [0.4, 0.5) is 0 Å². The number of carbonyl (C=O) groups excluding carboxylic acids is 1. The largest absolute Gasteiger partial charge is 0.393 e. The minimum atomic E-state index is 0.178. The summed E-state index contributed by atoms with van der Waals surface area (Å²) in [6, 6.07) is 0.191. The first-order chi connectivity index (χ1) is 8.50. The van der Waals surface area contributed by atoms with Gasteiger partial charge in [0.1, 0.15) is 0 Å². The van der Waals surface area contributed by atoms with E-state index in [4.69, 9.17) is 22.7 Å². The van der Waals surface area contributed by atoms with Gasteiger partial charge >= 0.3 is 0 Å². The minimum absolute atomic E-state index is 0.178. The van der Waals surface area contributed by atoms with Gasteiger partial charge in [0, 0.05) is 32.0 Å². The van der Waals surface area contributed by atoms with Crippen LogP contribution in [0.1, 0.15) is 46.0 Å². The third-order valence-corrected chi connectivity index (χ3v) is 3.45. The molecule has 1 aliphatic heterocycles. The maximum absolute atomic E-state index is 12.1. The molecular weight excluding hydrogens is 248 g/mol. The van der Waals surface area contributed by atoms with Gasteiger partial charge in [0.25, 0.3) is 0 Å². The molecular formula is C13H24N2O2S. The van der Waals surface area contributed by atoms with E-state index in [1.54, 1.807) is 0 Å². The molecule has 0 spiro atoms. The van der Waals surface area contributed by atoms with Gasteiger partial charge in [-0.1, -0.05) is 12.2 Å². The third kappa shape index (κ3) is 5.31. The summed E-state index contributed by atoms with van der Waals surface area (Å²) in [7, 11) is 0. The van der Waals surface area contributed by atoms with E-state index in [1.807, 2.05) is 18.7 Å². The molecule has 5 heteroatoms. The summed E-state index contributed by atoms with van der Waals surface area (Å²) in [6.45, 7) is 5.50. The highest BCUT2D eigenvalue weighted by Gasteiger charge is 2.21. The fourth-order valence-corrected chi connectivity index (χ4v) is 2.29. The maximum Gasteiger partial charge on any atom is 0.222 e. The topological polar surface area (TPSA) is 55.6 Å². The lowest BCUT2D eigenvalue weighted by atomic mass is 10.1. The Kier molecular flexibility index (Phi) is 6.57. The van der Waals surface area contributed by atoms with Crippen molar-refractivity contribution in [1.82, 2.24) is 4.90 Å². The predicted molar refractivity (Wildman–Crippen MR) is 76.5 cm³/mol. The summed E-state index contributed by atoms with van der Waals surface area (Å²) in [5.41, 5.74) is 5.49. The van der Waals surface area contributed by atoms with Crippen molar-refractivity contribution >= 4 is 23.1 Å². The van der Waals surface area contributed by atoms with E-state index in [-0.39, 0.29) is 18.1 Å².